The number of pyridine rings is 1. The number of likely N-dealkylation sites (tertiary alicyclic amines) is 1. The highest BCUT2D eigenvalue weighted by Gasteiger charge is 2.23. The van der Waals surface area contributed by atoms with Gasteiger partial charge in [0.1, 0.15) is 5.69 Å². The molecule has 0 radical (unpaired) electrons. The van der Waals surface area contributed by atoms with Crippen LogP contribution >= 0.6 is 0 Å². The fraction of sp³-hybridized carbons (Fsp3) is 0.467. The Balaban J connectivity index is 1.71. The number of hydrogen-bond donors (Lipinski definition) is 1. The Morgan fingerprint density at radius 3 is 2.95 bits per heavy atom. The Labute approximate surface area is 118 Å². The third-order valence-corrected chi connectivity index (χ3v) is 3.85. The molecule has 3 heterocycles. The molecule has 0 unspecified atom stereocenters. The molecule has 2 aromatic rings. The van der Waals surface area contributed by atoms with Gasteiger partial charge in [-0.2, -0.15) is 0 Å². The lowest BCUT2D eigenvalue weighted by Crippen LogP contribution is -2.41. The van der Waals surface area contributed by atoms with Gasteiger partial charge in [-0.1, -0.05) is 11.6 Å². The highest BCUT2D eigenvalue weighted by Crippen LogP contribution is 2.22. The van der Waals surface area contributed by atoms with Crippen LogP contribution in [0.3, 0.4) is 0 Å². The zero-order valence-electron chi connectivity index (χ0n) is 11.4. The average molecular weight is 273 g/mol. The molecule has 0 spiro atoms. The average Bonchev–Trinajstić information content (AvgIpc) is 2.97. The summed E-state index contributed by atoms with van der Waals surface area (Å²) in [5.74, 6) is 0.845. The molecule has 0 aromatic carbocycles. The first kappa shape index (κ1) is 13.3. The Morgan fingerprint density at radius 2 is 2.15 bits per heavy atom. The maximum atomic E-state index is 9.43. The van der Waals surface area contributed by atoms with Crippen molar-refractivity contribution < 1.29 is 9.63 Å². The van der Waals surface area contributed by atoms with E-state index in [1.54, 1.807) is 12.4 Å². The Hall–Kier alpha value is -1.72. The zero-order chi connectivity index (χ0) is 13.8. The summed E-state index contributed by atoms with van der Waals surface area (Å²) in [6.07, 6.45) is 6.93. The number of rotatable bonds is 4. The molecule has 2 aromatic heterocycles. The molecule has 1 atom stereocenters. The van der Waals surface area contributed by atoms with E-state index in [-0.39, 0.29) is 12.6 Å². The number of piperidine rings is 1. The van der Waals surface area contributed by atoms with E-state index in [1.165, 1.54) is 12.8 Å². The zero-order valence-corrected chi connectivity index (χ0v) is 11.4. The second-order valence-corrected chi connectivity index (χ2v) is 5.22. The standard InChI is InChI=1S/C15H19N3O2/c19-11-13-3-1-2-8-18(13)10-14-9-15(17-20-14)12-4-6-16-7-5-12/h4-7,9,13,19H,1-3,8,10-11H2/t13-/m1/s1. The molecule has 1 N–H and O–H groups in total. The molecule has 0 aliphatic carbocycles. The minimum atomic E-state index is 0.214. The summed E-state index contributed by atoms with van der Waals surface area (Å²) in [6, 6.07) is 6.05. The van der Waals surface area contributed by atoms with Gasteiger partial charge in [0.05, 0.1) is 13.2 Å². The van der Waals surface area contributed by atoms with Gasteiger partial charge in [0.25, 0.3) is 0 Å². The molecule has 0 saturated carbocycles. The Bertz CT molecular complexity index is 541. The predicted molar refractivity (Wildman–Crippen MR) is 74.9 cm³/mol. The Kier molecular flexibility index (Phi) is 4.08. The van der Waals surface area contributed by atoms with E-state index in [0.29, 0.717) is 6.54 Å². The van der Waals surface area contributed by atoms with Crippen molar-refractivity contribution in [3.8, 4) is 11.3 Å². The quantitative estimate of drug-likeness (QED) is 0.924. The van der Waals surface area contributed by atoms with Gasteiger partial charge in [-0.15, -0.1) is 0 Å². The first-order chi connectivity index (χ1) is 9.86. The van der Waals surface area contributed by atoms with Gasteiger partial charge >= 0.3 is 0 Å². The third-order valence-electron chi connectivity index (χ3n) is 3.85. The number of nitrogens with zero attached hydrogens (tertiary/aromatic N) is 3. The Morgan fingerprint density at radius 1 is 1.30 bits per heavy atom. The molecule has 0 bridgehead atoms. The molecular weight excluding hydrogens is 254 g/mol. The fourth-order valence-corrected chi connectivity index (χ4v) is 2.72. The molecule has 0 amide bonds. The molecule has 3 rings (SSSR count). The summed E-state index contributed by atoms with van der Waals surface area (Å²) in [7, 11) is 0. The lowest BCUT2D eigenvalue weighted by molar-refractivity contribution is 0.0764. The topological polar surface area (TPSA) is 62.4 Å². The third kappa shape index (κ3) is 2.89. The van der Waals surface area contributed by atoms with Gasteiger partial charge in [0.2, 0.25) is 0 Å². The van der Waals surface area contributed by atoms with E-state index in [9.17, 15) is 5.11 Å². The van der Waals surface area contributed by atoms with E-state index >= 15 is 0 Å². The van der Waals surface area contributed by atoms with Gasteiger partial charge in [-0.05, 0) is 31.5 Å². The summed E-state index contributed by atoms with van der Waals surface area (Å²) in [4.78, 5) is 6.28. The van der Waals surface area contributed by atoms with Crippen molar-refractivity contribution in [2.75, 3.05) is 13.2 Å². The molecule has 106 valence electrons. The van der Waals surface area contributed by atoms with E-state index < -0.39 is 0 Å². The molecular formula is C15H19N3O2. The maximum absolute atomic E-state index is 9.43. The van der Waals surface area contributed by atoms with Crippen molar-refractivity contribution >= 4 is 0 Å². The molecule has 5 nitrogen and oxygen atoms in total. The van der Waals surface area contributed by atoms with Crippen molar-refractivity contribution in [2.24, 2.45) is 0 Å². The predicted octanol–water partition coefficient (Wildman–Crippen LogP) is 2.08. The van der Waals surface area contributed by atoms with Crippen LogP contribution in [0.1, 0.15) is 25.0 Å². The van der Waals surface area contributed by atoms with E-state index in [2.05, 4.69) is 15.0 Å². The van der Waals surface area contributed by atoms with Gasteiger partial charge in [-0.25, -0.2) is 0 Å². The molecule has 1 fully saturated rings. The summed E-state index contributed by atoms with van der Waals surface area (Å²) >= 11 is 0. The molecule has 1 aliphatic heterocycles. The van der Waals surface area contributed by atoms with E-state index in [0.717, 1.165) is 30.0 Å². The van der Waals surface area contributed by atoms with Crippen LogP contribution in [0.25, 0.3) is 11.3 Å². The second kappa shape index (κ2) is 6.15. The van der Waals surface area contributed by atoms with Crippen molar-refractivity contribution in [3.63, 3.8) is 0 Å². The van der Waals surface area contributed by atoms with Gasteiger partial charge < -0.3 is 9.63 Å². The molecule has 1 aliphatic rings. The number of aliphatic hydroxyl groups is 1. The normalized spacial score (nSPS) is 20.1. The van der Waals surface area contributed by atoms with E-state index in [4.69, 9.17) is 4.52 Å². The van der Waals surface area contributed by atoms with Gasteiger partial charge in [0, 0.05) is 30.1 Å². The van der Waals surface area contributed by atoms with Crippen LogP contribution in [0.2, 0.25) is 0 Å². The summed E-state index contributed by atoms with van der Waals surface area (Å²) in [6.45, 7) is 1.94. The van der Waals surface area contributed by atoms with Crippen LogP contribution < -0.4 is 0 Å². The van der Waals surface area contributed by atoms with Crippen LogP contribution in [0.5, 0.6) is 0 Å². The van der Waals surface area contributed by atoms with Gasteiger partial charge in [0.15, 0.2) is 5.76 Å². The largest absolute Gasteiger partial charge is 0.395 e. The van der Waals surface area contributed by atoms with Crippen molar-refractivity contribution in [2.45, 2.75) is 31.8 Å². The highest BCUT2D eigenvalue weighted by atomic mass is 16.5. The van der Waals surface area contributed by atoms with E-state index in [1.807, 2.05) is 18.2 Å². The second-order valence-electron chi connectivity index (χ2n) is 5.22. The SMILES string of the molecule is OC[C@H]1CCCCN1Cc1cc(-c2ccncc2)no1. The lowest BCUT2D eigenvalue weighted by Gasteiger charge is -2.33. The van der Waals surface area contributed by atoms with Crippen LogP contribution in [0.15, 0.2) is 35.1 Å². The highest BCUT2D eigenvalue weighted by molar-refractivity contribution is 5.57. The maximum Gasteiger partial charge on any atom is 0.151 e. The number of aromatic nitrogens is 2. The summed E-state index contributed by atoms with van der Waals surface area (Å²) in [5.41, 5.74) is 1.84. The molecule has 5 heteroatoms. The van der Waals surface area contributed by atoms with Crippen molar-refractivity contribution in [1.29, 1.82) is 0 Å². The van der Waals surface area contributed by atoms with Crippen LogP contribution in [0.4, 0.5) is 0 Å². The number of hydrogen-bond acceptors (Lipinski definition) is 5. The lowest BCUT2D eigenvalue weighted by atomic mass is 10.0. The summed E-state index contributed by atoms with van der Waals surface area (Å²) < 4.78 is 5.42. The van der Waals surface area contributed by atoms with Crippen molar-refractivity contribution in [3.05, 3.63) is 36.4 Å². The fourth-order valence-electron chi connectivity index (χ4n) is 2.72. The number of aliphatic hydroxyl groups excluding tert-OH is 1. The van der Waals surface area contributed by atoms with Crippen LogP contribution in [-0.4, -0.2) is 39.3 Å². The van der Waals surface area contributed by atoms with Crippen molar-refractivity contribution in [1.82, 2.24) is 15.0 Å². The van der Waals surface area contributed by atoms with Gasteiger partial charge in [-0.3, -0.25) is 9.88 Å². The smallest absolute Gasteiger partial charge is 0.151 e. The monoisotopic (exact) mass is 273 g/mol. The minimum absolute atomic E-state index is 0.214. The van der Waals surface area contributed by atoms with Crippen LogP contribution in [-0.2, 0) is 6.54 Å². The first-order valence-electron chi connectivity index (χ1n) is 7.08. The minimum Gasteiger partial charge on any atom is -0.395 e. The first-order valence-corrected chi connectivity index (χ1v) is 7.08. The molecule has 20 heavy (non-hydrogen) atoms. The summed E-state index contributed by atoms with van der Waals surface area (Å²) in [5, 5.41) is 13.5. The van der Waals surface area contributed by atoms with Crippen LogP contribution in [0, 0.1) is 0 Å². The molecule has 1 saturated heterocycles.